The molecule has 2 N–H and O–H groups in total. The Hall–Kier alpha value is -2.28. The Labute approximate surface area is 160 Å². The van der Waals surface area contributed by atoms with Gasteiger partial charge in [0, 0.05) is 43.8 Å². The standard InChI is InChI=1S/C19H26N6S/c1-13-7-14(2)12-25(11-13)17-8-15(3)22-18(23-17)24-19(26)21-10-16-5-4-6-20-9-16/h4-6,8-9,13-14H,7,10-12H2,1-3H3,(H2,21,22,23,24,26)/t13-,14-/m1/s1. The third kappa shape index (κ3) is 5.11. The second-order valence-electron chi connectivity index (χ2n) is 7.21. The Morgan fingerprint density at radius 2 is 2.04 bits per heavy atom. The lowest BCUT2D eigenvalue weighted by atomic mass is 9.92. The van der Waals surface area contributed by atoms with E-state index in [4.69, 9.17) is 12.2 Å². The van der Waals surface area contributed by atoms with Crippen LogP contribution in [0, 0.1) is 18.8 Å². The van der Waals surface area contributed by atoms with Crippen molar-refractivity contribution < 1.29 is 0 Å². The summed E-state index contributed by atoms with van der Waals surface area (Å²) in [6.07, 6.45) is 4.84. The molecular weight excluding hydrogens is 344 g/mol. The average Bonchev–Trinajstić information content (AvgIpc) is 2.59. The Kier molecular flexibility index (Phi) is 5.98. The summed E-state index contributed by atoms with van der Waals surface area (Å²) in [6.45, 7) is 9.26. The molecule has 26 heavy (non-hydrogen) atoms. The highest BCUT2D eigenvalue weighted by molar-refractivity contribution is 7.80. The summed E-state index contributed by atoms with van der Waals surface area (Å²) in [5.74, 6) is 2.85. The van der Waals surface area contributed by atoms with Crippen molar-refractivity contribution in [1.82, 2.24) is 20.3 Å². The number of rotatable bonds is 4. The van der Waals surface area contributed by atoms with E-state index in [9.17, 15) is 0 Å². The fourth-order valence-corrected chi connectivity index (χ4v) is 3.61. The molecule has 0 unspecified atom stereocenters. The number of aromatic nitrogens is 3. The van der Waals surface area contributed by atoms with Crippen molar-refractivity contribution in [3.8, 4) is 0 Å². The van der Waals surface area contributed by atoms with Crippen LogP contribution in [0.4, 0.5) is 11.8 Å². The highest BCUT2D eigenvalue weighted by Crippen LogP contribution is 2.25. The van der Waals surface area contributed by atoms with Crippen LogP contribution in [-0.2, 0) is 6.54 Å². The van der Waals surface area contributed by atoms with Crippen molar-refractivity contribution in [3.63, 3.8) is 0 Å². The monoisotopic (exact) mass is 370 g/mol. The number of anilines is 2. The maximum absolute atomic E-state index is 5.38. The molecule has 3 heterocycles. The van der Waals surface area contributed by atoms with Gasteiger partial charge < -0.3 is 15.5 Å². The first-order chi connectivity index (χ1) is 12.5. The molecule has 7 heteroatoms. The number of hydrogen-bond acceptors (Lipinski definition) is 5. The summed E-state index contributed by atoms with van der Waals surface area (Å²) < 4.78 is 0. The normalized spacial score (nSPS) is 19.9. The molecule has 0 aromatic carbocycles. The van der Waals surface area contributed by atoms with E-state index in [2.05, 4.69) is 44.3 Å². The number of hydrogen-bond donors (Lipinski definition) is 2. The Bertz CT molecular complexity index is 741. The first-order valence-corrected chi connectivity index (χ1v) is 9.45. The van der Waals surface area contributed by atoms with Gasteiger partial charge in [-0.3, -0.25) is 4.98 Å². The van der Waals surface area contributed by atoms with Crippen LogP contribution in [-0.4, -0.2) is 33.2 Å². The number of piperidine rings is 1. The van der Waals surface area contributed by atoms with Crippen molar-refractivity contribution in [2.24, 2.45) is 11.8 Å². The molecule has 1 saturated heterocycles. The zero-order valence-electron chi connectivity index (χ0n) is 15.6. The largest absolute Gasteiger partial charge is 0.358 e. The summed E-state index contributed by atoms with van der Waals surface area (Å²) in [5.41, 5.74) is 2.00. The predicted molar refractivity (Wildman–Crippen MR) is 109 cm³/mol. The number of thiocarbonyl (C=S) groups is 1. The minimum atomic E-state index is 0.505. The summed E-state index contributed by atoms with van der Waals surface area (Å²) in [6, 6.07) is 5.95. The lowest BCUT2D eigenvalue weighted by Crippen LogP contribution is -2.39. The fraction of sp³-hybridized carbons (Fsp3) is 0.474. The van der Waals surface area contributed by atoms with E-state index in [0.717, 1.165) is 30.2 Å². The second kappa shape index (κ2) is 8.40. The van der Waals surface area contributed by atoms with Gasteiger partial charge in [-0.05, 0) is 49.0 Å². The predicted octanol–water partition coefficient (Wildman–Crippen LogP) is 3.15. The molecular formula is C19H26N6S. The molecule has 2 aromatic heterocycles. The molecule has 3 rings (SSSR count). The van der Waals surface area contributed by atoms with Gasteiger partial charge in [0.05, 0.1) is 0 Å². The molecule has 1 aliphatic rings. The molecule has 0 saturated carbocycles. The molecule has 0 spiro atoms. The number of nitrogens with zero attached hydrogens (tertiary/aromatic N) is 4. The molecule has 2 aromatic rings. The van der Waals surface area contributed by atoms with Gasteiger partial charge in [-0.1, -0.05) is 19.9 Å². The van der Waals surface area contributed by atoms with Gasteiger partial charge in [0.2, 0.25) is 5.95 Å². The van der Waals surface area contributed by atoms with Gasteiger partial charge in [-0.2, -0.15) is 4.98 Å². The molecule has 0 bridgehead atoms. The summed E-state index contributed by atoms with van der Waals surface area (Å²) in [7, 11) is 0. The van der Waals surface area contributed by atoms with Crippen LogP contribution in [0.15, 0.2) is 30.6 Å². The molecule has 0 amide bonds. The van der Waals surface area contributed by atoms with Crippen molar-refractivity contribution in [1.29, 1.82) is 0 Å². The van der Waals surface area contributed by atoms with E-state index in [-0.39, 0.29) is 0 Å². The fourth-order valence-electron chi connectivity index (χ4n) is 3.45. The molecule has 138 valence electrons. The Morgan fingerprint density at radius 3 is 2.73 bits per heavy atom. The van der Waals surface area contributed by atoms with E-state index >= 15 is 0 Å². The lowest BCUT2D eigenvalue weighted by Gasteiger charge is -2.36. The summed E-state index contributed by atoms with van der Waals surface area (Å²) in [5, 5.41) is 6.78. The van der Waals surface area contributed by atoms with Crippen LogP contribution in [0.1, 0.15) is 31.5 Å². The molecule has 2 atom stereocenters. The smallest absolute Gasteiger partial charge is 0.231 e. The molecule has 1 aliphatic heterocycles. The highest BCUT2D eigenvalue weighted by Gasteiger charge is 2.23. The average molecular weight is 371 g/mol. The van der Waals surface area contributed by atoms with Crippen molar-refractivity contribution in [3.05, 3.63) is 41.9 Å². The van der Waals surface area contributed by atoms with Crippen molar-refractivity contribution >= 4 is 29.1 Å². The van der Waals surface area contributed by atoms with E-state index in [0.29, 0.717) is 29.4 Å². The zero-order chi connectivity index (χ0) is 18.5. The minimum absolute atomic E-state index is 0.505. The van der Waals surface area contributed by atoms with Gasteiger partial charge >= 0.3 is 0 Å². The Morgan fingerprint density at radius 1 is 1.27 bits per heavy atom. The van der Waals surface area contributed by atoms with E-state index < -0.39 is 0 Å². The van der Waals surface area contributed by atoms with Crippen LogP contribution in [0.2, 0.25) is 0 Å². The third-order valence-electron chi connectivity index (χ3n) is 4.43. The topological polar surface area (TPSA) is 66.0 Å². The highest BCUT2D eigenvalue weighted by atomic mass is 32.1. The number of nitrogens with one attached hydrogen (secondary N) is 2. The summed E-state index contributed by atoms with van der Waals surface area (Å²) in [4.78, 5) is 15.6. The maximum atomic E-state index is 5.38. The van der Waals surface area contributed by atoms with Crippen LogP contribution in [0.25, 0.3) is 0 Å². The van der Waals surface area contributed by atoms with Gasteiger partial charge in [-0.15, -0.1) is 0 Å². The molecule has 1 fully saturated rings. The van der Waals surface area contributed by atoms with Gasteiger partial charge in [0.1, 0.15) is 5.82 Å². The van der Waals surface area contributed by atoms with Crippen LogP contribution in [0.3, 0.4) is 0 Å². The van der Waals surface area contributed by atoms with E-state index in [1.54, 1.807) is 6.20 Å². The minimum Gasteiger partial charge on any atom is -0.358 e. The van der Waals surface area contributed by atoms with Crippen LogP contribution < -0.4 is 15.5 Å². The van der Waals surface area contributed by atoms with Gasteiger partial charge in [-0.25, -0.2) is 4.98 Å². The second-order valence-corrected chi connectivity index (χ2v) is 7.62. The molecule has 6 nitrogen and oxygen atoms in total. The number of aryl methyl sites for hydroxylation is 1. The van der Waals surface area contributed by atoms with Crippen molar-refractivity contribution in [2.75, 3.05) is 23.3 Å². The third-order valence-corrected chi connectivity index (χ3v) is 4.68. The van der Waals surface area contributed by atoms with E-state index in [1.165, 1.54) is 6.42 Å². The van der Waals surface area contributed by atoms with Crippen LogP contribution >= 0.6 is 12.2 Å². The summed E-state index contributed by atoms with van der Waals surface area (Å²) >= 11 is 5.38. The number of pyridine rings is 1. The van der Waals surface area contributed by atoms with Gasteiger partial charge in [0.15, 0.2) is 5.11 Å². The SMILES string of the molecule is Cc1cc(N2C[C@H](C)C[C@@H](C)C2)nc(NC(=S)NCc2cccnc2)n1. The van der Waals surface area contributed by atoms with Crippen molar-refractivity contribution in [2.45, 2.75) is 33.7 Å². The zero-order valence-corrected chi connectivity index (χ0v) is 16.4. The lowest BCUT2D eigenvalue weighted by molar-refractivity contribution is 0.355. The van der Waals surface area contributed by atoms with Gasteiger partial charge in [0.25, 0.3) is 0 Å². The Balaban J connectivity index is 1.64. The quantitative estimate of drug-likeness (QED) is 0.802. The van der Waals surface area contributed by atoms with Crippen LogP contribution in [0.5, 0.6) is 0 Å². The molecule has 0 radical (unpaired) electrons. The first-order valence-electron chi connectivity index (χ1n) is 9.04. The van der Waals surface area contributed by atoms with E-state index in [1.807, 2.05) is 31.3 Å². The first kappa shape index (κ1) is 18.5. The molecule has 0 aliphatic carbocycles. The maximum Gasteiger partial charge on any atom is 0.231 e.